The molecule has 23 heavy (non-hydrogen) atoms. The van der Waals surface area contributed by atoms with Gasteiger partial charge in [-0.05, 0) is 17.7 Å². The Balaban J connectivity index is 1.84. The summed E-state index contributed by atoms with van der Waals surface area (Å²) in [5.41, 5.74) is 1.29. The van der Waals surface area contributed by atoms with Crippen molar-refractivity contribution in [2.24, 2.45) is 0 Å². The van der Waals surface area contributed by atoms with E-state index in [-0.39, 0.29) is 12.2 Å². The molecule has 0 fully saturated rings. The maximum absolute atomic E-state index is 10.8. The lowest BCUT2D eigenvalue weighted by Crippen LogP contribution is -2.09. The van der Waals surface area contributed by atoms with Gasteiger partial charge in [-0.1, -0.05) is 12.1 Å². The van der Waals surface area contributed by atoms with E-state index in [1.54, 1.807) is 41.5 Å². The fraction of sp³-hybridized carbons (Fsp3) is 0.125. The monoisotopic (exact) mass is 310 g/mol. The number of pyridine rings is 1. The molecule has 116 valence electrons. The highest BCUT2D eigenvalue weighted by Crippen LogP contribution is 2.23. The molecular formula is C16H14N4O3. The van der Waals surface area contributed by atoms with Crippen LogP contribution < -0.4 is 0 Å². The summed E-state index contributed by atoms with van der Waals surface area (Å²) in [5, 5.41) is 21.2. The summed E-state index contributed by atoms with van der Waals surface area (Å²) < 4.78 is 1.79. The van der Waals surface area contributed by atoms with Crippen LogP contribution >= 0.6 is 0 Å². The van der Waals surface area contributed by atoms with Crippen molar-refractivity contribution in [3.63, 3.8) is 0 Å². The van der Waals surface area contributed by atoms with Gasteiger partial charge in [0.15, 0.2) is 0 Å². The first-order valence-corrected chi connectivity index (χ1v) is 6.99. The number of benzene rings is 1. The van der Waals surface area contributed by atoms with E-state index in [1.807, 2.05) is 12.1 Å². The van der Waals surface area contributed by atoms with Gasteiger partial charge < -0.3 is 9.67 Å². The quantitative estimate of drug-likeness (QED) is 0.577. The number of aliphatic hydroxyl groups excluding tert-OH is 1. The Labute approximate surface area is 132 Å². The summed E-state index contributed by atoms with van der Waals surface area (Å²) in [6.07, 6.45) is 5.89. The maximum Gasteiger partial charge on any atom is 0.269 e. The Kier molecular flexibility index (Phi) is 4.11. The Morgan fingerprint density at radius 1 is 1.26 bits per heavy atom. The Bertz CT molecular complexity index is 817. The second-order valence-electron chi connectivity index (χ2n) is 5.01. The highest BCUT2D eigenvalue weighted by atomic mass is 16.6. The van der Waals surface area contributed by atoms with E-state index in [9.17, 15) is 15.2 Å². The zero-order valence-corrected chi connectivity index (χ0v) is 12.1. The minimum Gasteiger partial charge on any atom is -0.387 e. The Morgan fingerprint density at radius 2 is 2.13 bits per heavy atom. The first-order chi connectivity index (χ1) is 11.1. The van der Waals surface area contributed by atoms with Crippen molar-refractivity contribution in [1.82, 2.24) is 14.5 Å². The van der Waals surface area contributed by atoms with E-state index >= 15 is 0 Å². The summed E-state index contributed by atoms with van der Waals surface area (Å²) >= 11 is 0. The predicted octanol–water partition coefficient (Wildman–Crippen LogP) is 2.59. The van der Waals surface area contributed by atoms with Crippen LogP contribution in [-0.4, -0.2) is 24.6 Å². The molecule has 0 bridgehead atoms. The molecule has 7 heteroatoms. The van der Waals surface area contributed by atoms with Crippen molar-refractivity contribution >= 4 is 5.69 Å². The first-order valence-electron chi connectivity index (χ1n) is 6.99. The van der Waals surface area contributed by atoms with Crippen molar-refractivity contribution < 1.29 is 10.0 Å². The van der Waals surface area contributed by atoms with Gasteiger partial charge in [0.05, 0.1) is 17.6 Å². The van der Waals surface area contributed by atoms with Gasteiger partial charge in [-0.25, -0.2) is 4.98 Å². The standard InChI is InChI=1S/C16H14N4O3/c21-15(12-3-1-5-14(9-12)20(22)23)11-19-8-7-18-16(19)13-4-2-6-17-10-13/h1-10,15,21H,11H2. The van der Waals surface area contributed by atoms with Gasteiger partial charge in [-0.2, -0.15) is 0 Å². The average Bonchev–Trinajstić information content (AvgIpc) is 3.04. The molecule has 0 radical (unpaired) electrons. The van der Waals surface area contributed by atoms with E-state index in [0.29, 0.717) is 11.4 Å². The normalized spacial score (nSPS) is 12.0. The number of nitro benzene ring substituents is 1. The van der Waals surface area contributed by atoms with Crippen molar-refractivity contribution in [3.8, 4) is 11.4 Å². The van der Waals surface area contributed by atoms with Crippen LogP contribution in [0, 0.1) is 10.1 Å². The predicted molar refractivity (Wildman–Crippen MR) is 83.5 cm³/mol. The largest absolute Gasteiger partial charge is 0.387 e. The first kappa shape index (κ1) is 14.9. The topological polar surface area (TPSA) is 94.1 Å². The molecule has 0 saturated heterocycles. The molecule has 0 aliphatic rings. The van der Waals surface area contributed by atoms with Crippen LogP contribution in [0.1, 0.15) is 11.7 Å². The van der Waals surface area contributed by atoms with Crippen LogP contribution in [-0.2, 0) is 6.54 Å². The average molecular weight is 310 g/mol. The molecule has 3 aromatic rings. The molecule has 7 nitrogen and oxygen atoms in total. The number of aromatic nitrogens is 3. The van der Waals surface area contributed by atoms with Crippen molar-refractivity contribution in [3.05, 3.63) is 76.9 Å². The second-order valence-corrected chi connectivity index (χ2v) is 5.01. The molecule has 1 N–H and O–H groups in total. The number of nitrogens with zero attached hydrogens (tertiary/aromatic N) is 4. The summed E-state index contributed by atoms with van der Waals surface area (Å²) in [5.74, 6) is 0.683. The number of rotatable bonds is 5. The minimum atomic E-state index is -0.875. The second kappa shape index (κ2) is 6.37. The van der Waals surface area contributed by atoms with E-state index in [0.717, 1.165) is 5.56 Å². The van der Waals surface area contributed by atoms with Crippen LogP contribution in [0.4, 0.5) is 5.69 Å². The summed E-state index contributed by atoms with van der Waals surface area (Å²) in [7, 11) is 0. The summed E-state index contributed by atoms with van der Waals surface area (Å²) in [6.45, 7) is 0.241. The molecule has 0 aliphatic heterocycles. The third-order valence-corrected chi connectivity index (χ3v) is 3.47. The van der Waals surface area contributed by atoms with E-state index < -0.39 is 11.0 Å². The minimum absolute atomic E-state index is 0.0420. The number of hydrogen-bond acceptors (Lipinski definition) is 5. The molecule has 0 aliphatic carbocycles. The maximum atomic E-state index is 10.8. The van der Waals surface area contributed by atoms with Gasteiger partial charge >= 0.3 is 0 Å². The number of aliphatic hydroxyl groups is 1. The third-order valence-electron chi connectivity index (χ3n) is 3.47. The smallest absolute Gasteiger partial charge is 0.269 e. The lowest BCUT2D eigenvalue weighted by atomic mass is 10.1. The molecular weight excluding hydrogens is 296 g/mol. The van der Waals surface area contributed by atoms with E-state index in [2.05, 4.69) is 9.97 Å². The molecule has 0 spiro atoms. The van der Waals surface area contributed by atoms with Gasteiger partial charge in [0.2, 0.25) is 0 Å². The number of nitro groups is 1. The SMILES string of the molecule is O=[N+]([O-])c1cccc(C(O)Cn2ccnc2-c2cccnc2)c1. The van der Waals surface area contributed by atoms with Crippen LogP contribution in [0.2, 0.25) is 0 Å². The molecule has 0 amide bonds. The van der Waals surface area contributed by atoms with Crippen molar-refractivity contribution in [2.45, 2.75) is 12.6 Å². The summed E-state index contributed by atoms with van der Waals surface area (Å²) in [4.78, 5) is 18.7. The highest BCUT2D eigenvalue weighted by molar-refractivity contribution is 5.53. The van der Waals surface area contributed by atoms with Gasteiger partial charge in [-0.15, -0.1) is 0 Å². The van der Waals surface area contributed by atoms with Crippen LogP contribution in [0.5, 0.6) is 0 Å². The fourth-order valence-corrected chi connectivity index (χ4v) is 2.35. The van der Waals surface area contributed by atoms with Gasteiger partial charge in [0.25, 0.3) is 5.69 Å². The lowest BCUT2D eigenvalue weighted by molar-refractivity contribution is -0.385. The number of non-ortho nitro benzene ring substituents is 1. The molecule has 1 aromatic carbocycles. The molecule has 0 saturated carbocycles. The van der Waals surface area contributed by atoms with Crippen LogP contribution in [0.3, 0.4) is 0 Å². The summed E-state index contributed by atoms with van der Waals surface area (Å²) in [6, 6.07) is 9.70. The molecule has 2 aromatic heterocycles. The van der Waals surface area contributed by atoms with Gasteiger partial charge in [-0.3, -0.25) is 15.1 Å². The van der Waals surface area contributed by atoms with E-state index in [1.165, 1.54) is 12.1 Å². The zero-order valence-electron chi connectivity index (χ0n) is 12.1. The van der Waals surface area contributed by atoms with Gasteiger partial charge in [0.1, 0.15) is 5.82 Å². The lowest BCUT2D eigenvalue weighted by Gasteiger charge is -2.14. The Morgan fingerprint density at radius 3 is 2.87 bits per heavy atom. The molecule has 1 unspecified atom stereocenters. The number of imidazole rings is 1. The zero-order chi connectivity index (χ0) is 16.2. The third kappa shape index (κ3) is 3.24. The Hall–Kier alpha value is -3.06. The van der Waals surface area contributed by atoms with Crippen LogP contribution in [0.25, 0.3) is 11.4 Å². The molecule has 1 atom stereocenters. The van der Waals surface area contributed by atoms with Gasteiger partial charge in [0, 0.05) is 42.5 Å². The van der Waals surface area contributed by atoms with Crippen LogP contribution in [0.15, 0.2) is 61.2 Å². The fourth-order valence-electron chi connectivity index (χ4n) is 2.35. The molecule has 2 heterocycles. The molecule has 3 rings (SSSR count). The number of hydrogen-bond donors (Lipinski definition) is 1. The van der Waals surface area contributed by atoms with Crippen molar-refractivity contribution in [1.29, 1.82) is 0 Å². The highest BCUT2D eigenvalue weighted by Gasteiger charge is 2.15. The van der Waals surface area contributed by atoms with E-state index in [4.69, 9.17) is 0 Å². The van der Waals surface area contributed by atoms with Crippen molar-refractivity contribution in [2.75, 3.05) is 0 Å².